The van der Waals surface area contributed by atoms with E-state index in [9.17, 15) is 9.90 Å². The summed E-state index contributed by atoms with van der Waals surface area (Å²) in [5, 5.41) is 10.3. The van der Waals surface area contributed by atoms with E-state index in [1.807, 2.05) is 0 Å². The Kier molecular flexibility index (Phi) is 3.92. The number of nitrogens with zero attached hydrogens (tertiary/aromatic N) is 1. The first-order valence-corrected chi connectivity index (χ1v) is 6.95. The van der Waals surface area contributed by atoms with Crippen molar-refractivity contribution in [2.24, 2.45) is 5.73 Å². The average Bonchev–Trinajstić information content (AvgIpc) is 2.46. The summed E-state index contributed by atoms with van der Waals surface area (Å²) in [6.07, 6.45) is 0.0363. The highest BCUT2D eigenvalue weighted by atomic mass is 16.5. The third kappa shape index (κ3) is 3.07. The second-order valence-electron chi connectivity index (χ2n) is 5.23. The van der Waals surface area contributed by atoms with Gasteiger partial charge in [0.2, 0.25) is 0 Å². The average molecular weight is 290 g/mol. The SMILES string of the molecule is NCC1CN(Cc2cc(=O)oc3cc(O)ccc23)CCO1. The number of benzene rings is 1. The maximum Gasteiger partial charge on any atom is 0.336 e. The topological polar surface area (TPSA) is 88.9 Å². The van der Waals surface area contributed by atoms with Crippen molar-refractivity contribution in [3.05, 3.63) is 40.2 Å². The minimum absolute atomic E-state index is 0.0363. The van der Waals surface area contributed by atoms with E-state index >= 15 is 0 Å². The van der Waals surface area contributed by atoms with Gasteiger partial charge in [-0.1, -0.05) is 0 Å². The molecule has 6 nitrogen and oxygen atoms in total. The quantitative estimate of drug-likeness (QED) is 0.807. The molecule has 0 bridgehead atoms. The number of aromatic hydroxyl groups is 1. The van der Waals surface area contributed by atoms with Gasteiger partial charge in [0, 0.05) is 43.7 Å². The number of hydrogen-bond acceptors (Lipinski definition) is 6. The Bertz CT molecular complexity index is 698. The van der Waals surface area contributed by atoms with Crippen LogP contribution in [0.3, 0.4) is 0 Å². The zero-order valence-corrected chi connectivity index (χ0v) is 11.6. The zero-order valence-electron chi connectivity index (χ0n) is 11.6. The number of morpholine rings is 1. The molecule has 0 radical (unpaired) electrons. The number of ether oxygens (including phenoxy) is 1. The lowest BCUT2D eigenvalue weighted by atomic mass is 10.1. The van der Waals surface area contributed by atoms with Gasteiger partial charge in [0.05, 0.1) is 12.7 Å². The summed E-state index contributed by atoms with van der Waals surface area (Å²) in [5.41, 5.74) is 6.53. The van der Waals surface area contributed by atoms with Crippen LogP contribution in [0, 0.1) is 0 Å². The van der Waals surface area contributed by atoms with E-state index in [-0.39, 0.29) is 11.9 Å². The van der Waals surface area contributed by atoms with E-state index in [0.717, 1.165) is 24.0 Å². The Hall–Kier alpha value is -1.89. The van der Waals surface area contributed by atoms with E-state index in [1.54, 1.807) is 12.1 Å². The normalized spacial score (nSPS) is 20.0. The number of phenols is 1. The molecule has 2 heterocycles. The summed E-state index contributed by atoms with van der Waals surface area (Å²) in [6.45, 7) is 3.31. The first-order valence-electron chi connectivity index (χ1n) is 6.95. The molecule has 3 rings (SSSR count). The molecule has 1 aliphatic heterocycles. The van der Waals surface area contributed by atoms with Crippen LogP contribution < -0.4 is 11.4 Å². The van der Waals surface area contributed by atoms with Crippen LogP contribution >= 0.6 is 0 Å². The summed E-state index contributed by atoms with van der Waals surface area (Å²) in [4.78, 5) is 13.9. The highest BCUT2D eigenvalue weighted by Gasteiger charge is 2.20. The number of fused-ring (bicyclic) bond motifs is 1. The third-order valence-corrected chi connectivity index (χ3v) is 3.69. The summed E-state index contributed by atoms with van der Waals surface area (Å²) in [7, 11) is 0. The largest absolute Gasteiger partial charge is 0.508 e. The van der Waals surface area contributed by atoms with Crippen LogP contribution in [0.2, 0.25) is 0 Å². The van der Waals surface area contributed by atoms with Crippen molar-refractivity contribution in [1.29, 1.82) is 0 Å². The Balaban J connectivity index is 1.91. The number of nitrogens with two attached hydrogens (primary N) is 1. The predicted octanol–water partition coefficient (Wildman–Crippen LogP) is 0.658. The summed E-state index contributed by atoms with van der Waals surface area (Å²) in [5.74, 6) is 0.0809. The molecule has 1 unspecified atom stereocenters. The van der Waals surface area contributed by atoms with Gasteiger partial charge in [0.1, 0.15) is 11.3 Å². The predicted molar refractivity (Wildman–Crippen MR) is 78.2 cm³/mol. The van der Waals surface area contributed by atoms with Crippen molar-refractivity contribution in [3.63, 3.8) is 0 Å². The second kappa shape index (κ2) is 5.85. The molecule has 112 valence electrons. The Morgan fingerprint density at radius 2 is 2.24 bits per heavy atom. The Labute approximate surface area is 121 Å². The van der Waals surface area contributed by atoms with Gasteiger partial charge in [0.25, 0.3) is 0 Å². The molecule has 1 aromatic carbocycles. The van der Waals surface area contributed by atoms with Gasteiger partial charge < -0.3 is 20.0 Å². The molecule has 1 atom stereocenters. The summed E-state index contributed by atoms with van der Waals surface area (Å²) >= 11 is 0. The maximum absolute atomic E-state index is 11.7. The molecule has 0 saturated carbocycles. The molecule has 2 aromatic rings. The van der Waals surface area contributed by atoms with Crippen molar-refractivity contribution >= 4 is 11.0 Å². The minimum atomic E-state index is -0.410. The maximum atomic E-state index is 11.7. The molecular formula is C15H18N2O4. The van der Waals surface area contributed by atoms with Crippen LogP contribution in [-0.4, -0.2) is 42.4 Å². The molecule has 1 aromatic heterocycles. The monoisotopic (exact) mass is 290 g/mol. The first kappa shape index (κ1) is 14.1. The van der Waals surface area contributed by atoms with Gasteiger partial charge in [-0.25, -0.2) is 4.79 Å². The van der Waals surface area contributed by atoms with Gasteiger partial charge in [-0.15, -0.1) is 0 Å². The Morgan fingerprint density at radius 3 is 3.05 bits per heavy atom. The van der Waals surface area contributed by atoms with Crippen LogP contribution in [0.15, 0.2) is 33.5 Å². The van der Waals surface area contributed by atoms with Gasteiger partial charge in [-0.05, 0) is 17.7 Å². The van der Waals surface area contributed by atoms with Crippen molar-refractivity contribution in [2.75, 3.05) is 26.2 Å². The Morgan fingerprint density at radius 1 is 1.38 bits per heavy atom. The molecule has 6 heteroatoms. The molecule has 1 saturated heterocycles. The number of rotatable bonds is 3. The van der Waals surface area contributed by atoms with E-state index in [2.05, 4.69) is 4.90 Å². The van der Waals surface area contributed by atoms with E-state index in [4.69, 9.17) is 14.9 Å². The van der Waals surface area contributed by atoms with Gasteiger partial charge in [0.15, 0.2) is 0 Å². The van der Waals surface area contributed by atoms with Crippen molar-refractivity contribution in [2.45, 2.75) is 12.6 Å². The lowest BCUT2D eigenvalue weighted by Crippen LogP contribution is -2.45. The van der Waals surface area contributed by atoms with E-state index < -0.39 is 5.63 Å². The fourth-order valence-corrected chi connectivity index (χ4v) is 2.66. The van der Waals surface area contributed by atoms with Crippen molar-refractivity contribution in [3.8, 4) is 5.75 Å². The zero-order chi connectivity index (χ0) is 14.8. The molecule has 1 aliphatic rings. The van der Waals surface area contributed by atoms with Gasteiger partial charge >= 0.3 is 5.63 Å². The lowest BCUT2D eigenvalue weighted by molar-refractivity contribution is -0.0259. The highest BCUT2D eigenvalue weighted by Crippen LogP contribution is 2.23. The molecule has 1 fully saturated rings. The highest BCUT2D eigenvalue weighted by molar-refractivity contribution is 5.81. The van der Waals surface area contributed by atoms with Crippen LogP contribution in [-0.2, 0) is 11.3 Å². The lowest BCUT2D eigenvalue weighted by Gasteiger charge is -2.32. The van der Waals surface area contributed by atoms with Gasteiger partial charge in [-0.2, -0.15) is 0 Å². The second-order valence-corrected chi connectivity index (χ2v) is 5.23. The standard InChI is InChI=1S/C15H18N2O4/c16-7-12-9-17(3-4-20-12)8-10-5-15(19)21-14-6-11(18)1-2-13(10)14/h1-2,5-6,12,18H,3-4,7-9,16H2. The van der Waals surface area contributed by atoms with Crippen molar-refractivity contribution < 1.29 is 14.3 Å². The van der Waals surface area contributed by atoms with Crippen LogP contribution in [0.5, 0.6) is 5.75 Å². The number of hydrogen-bond donors (Lipinski definition) is 2. The summed E-state index contributed by atoms with van der Waals surface area (Å²) in [6, 6.07) is 6.33. The van der Waals surface area contributed by atoms with Gasteiger partial charge in [-0.3, -0.25) is 4.90 Å². The smallest absolute Gasteiger partial charge is 0.336 e. The fourth-order valence-electron chi connectivity index (χ4n) is 2.66. The molecule has 21 heavy (non-hydrogen) atoms. The van der Waals surface area contributed by atoms with Crippen LogP contribution in [0.25, 0.3) is 11.0 Å². The number of phenolic OH excluding ortho intramolecular Hbond substituents is 1. The van der Waals surface area contributed by atoms with Crippen LogP contribution in [0.4, 0.5) is 0 Å². The first-order chi connectivity index (χ1) is 10.2. The van der Waals surface area contributed by atoms with E-state index in [0.29, 0.717) is 25.3 Å². The fraction of sp³-hybridized carbons (Fsp3) is 0.400. The molecule has 3 N–H and O–H groups in total. The molecule has 0 aliphatic carbocycles. The summed E-state index contributed by atoms with van der Waals surface area (Å²) < 4.78 is 10.7. The molecular weight excluding hydrogens is 272 g/mol. The van der Waals surface area contributed by atoms with Crippen molar-refractivity contribution in [1.82, 2.24) is 4.90 Å². The van der Waals surface area contributed by atoms with E-state index in [1.165, 1.54) is 12.1 Å². The van der Waals surface area contributed by atoms with Crippen LogP contribution in [0.1, 0.15) is 5.56 Å². The third-order valence-electron chi connectivity index (χ3n) is 3.69. The minimum Gasteiger partial charge on any atom is -0.508 e. The molecule has 0 spiro atoms. The molecule has 0 amide bonds.